The molecule has 0 radical (unpaired) electrons. The van der Waals surface area contributed by atoms with Crippen LogP contribution in [0.5, 0.6) is 0 Å². The highest BCUT2D eigenvalue weighted by atomic mass is 35.5. The number of carbonyl (C=O) groups is 1. The Kier molecular flexibility index (Phi) is 4.16. The zero-order valence-corrected chi connectivity index (χ0v) is 12.3. The van der Waals surface area contributed by atoms with Crippen molar-refractivity contribution in [3.8, 4) is 0 Å². The van der Waals surface area contributed by atoms with Crippen LogP contribution in [0.2, 0.25) is 0 Å². The second-order valence-corrected chi connectivity index (χ2v) is 7.06. The first-order valence-electron chi connectivity index (χ1n) is 6.15. The van der Waals surface area contributed by atoms with Gasteiger partial charge in [0, 0.05) is 25.0 Å². The summed E-state index contributed by atoms with van der Waals surface area (Å²) in [6.45, 7) is 2.13. The Bertz CT molecular complexity index is 598. The lowest BCUT2D eigenvalue weighted by atomic mass is 10.2. The summed E-state index contributed by atoms with van der Waals surface area (Å²) in [6.07, 6.45) is 1.15. The van der Waals surface area contributed by atoms with Gasteiger partial charge in [0.05, 0.1) is 10.6 Å². The summed E-state index contributed by atoms with van der Waals surface area (Å²) < 4.78 is 24.1. The van der Waals surface area contributed by atoms with Gasteiger partial charge in [0.25, 0.3) is 0 Å². The van der Waals surface area contributed by atoms with E-state index in [0.717, 1.165) is 11.3 Å². The van der Waals surface area contributed by atoms with Crippen LogP contribution in [0.25, 0.3) is 0 Å². The molecule has 0 N–H and O–H groups in total. The van der Waals surface area contributed by atoms with Crippen molar-refractivity contribution in [3.05, 3.63) is 23.8 Å². The van der Waals surface area contributed by atoms with E-state index in [1.165, 1.54) is 6.92 Å². The molecule has 1 heterocycles. The van der Waals surface area contributed by atoms with E-state index >= 15 is 0 Å². The Hall–Kier alpha value is -1.07. The molecule has 2 rings (SSSR count). The van der Waals surface area contributed by atoms with Gasteiger partial charge in [-0.15, -0.1) is 11.6 Å². The zero-order chi connectivity index (χ0) is 14.0. The molecule has 0 fully saturated rings. The van der Waals surface area contributed by atoms with Gasteiger partial charge in [0.15, 0.2) is 9.84 Å². The molecule has 104 valence electrons. The summed E-state index contributed by atoms with van der Waals surface area (Å²) in [5, 5.41) is 0. The smallest absolute Gasteiger partial charge is 0.223 e. The van der Waals surface area contributed by atoms with Crippen LogP contribution in [0.4, 0.5) is 5.69 Å². The zero-order valence-electron chi connectivity index (χ0n) is 10.7. The van der Waals surface area contributed by atoms with Crippen LogP contribution in [-0.2, 0) is 21.1 Å². The van der Waals surface area contributed by atoms with Gasteiger partial charge in [0.2, 0.25) is 5.91 Å². The van der Waals surface area contributed by atoms with Crippen LogP contribution in [0.3, 0.4) is 0 Å². The van der Waals surface area contributed by atoms with Crippen LogP contribution >= 0.6 is 11.6 Å². The van der Waals surface area contributed by atoms with Gasteiger partial charge in [-0.2, -0.15) is 0 Å². The molecule has 1 aliphatic rings. The van der Waals surface area contributed by atoms with Crippen LogP contribution in [0, 0.1) is 0 Å². The maximum atomic E-state index is 12.1. The van der Waals surface area contributed by atoms with Crippen LogP contribution in [0.15, 0.2) is 23.1 Å². The van der Waals surface area contributed by atoms with Crippen LogP contribution in [-0.4, -0.2) is 32.5 Å². The largest absolute Gasteiger partial charge is 0.312 e. The number of amides is 1. The third kappa shape index (κ3) is 2.92. The predicted molar refractivity (Wildman–Crippen MR) is 75.6 cm³/mol. The fourth-order valence-corrected chi connectivity index (χ4v) is 3.91. The standard InChI is InChI=1S/C13H16ClNO3S/c1-10(16)15-7-5-11-9-12(3-4-13(11)15)19(17,18)8-2-6-14/h3-4,9H,2,5-8H2,1H3. The molecule has 0 saturated heterocycles. The highest BCUT2D eigenvalue weighted by molar-refractivity contribution is 7.91. The van der Waals surface area contributed by atoms with E-state index in [2.05, 4.69) is 0 Å². The number of alkyl halides is 1. The predicted octanol–water partition coefficient (Wildman–Crippen LogP) is 2.00. The average Bonchev–Trinajstić information content (AvgIpc) is 2.79. The average molecular weight is 302 g/mol. The minimum atomic E-state index is -3.27. The van der Waals surface area contributed by atoms with Gasteiger partial charge in [0.1, 0.15) is 0 Å². The normalized spacial score (nSPS) is 14.5. The first kappa shape index (κ1) is 14.3. The number of fused-ring (bicyclic) bond motifs is 1. The lowest BCUT2D eigenvalue weighted by Gasteiger charge is -2.14. The van der Waals surface area contributed by atoms with Gasteiger partial charge < -0.3 is 4.90 Å². The lowest BCUT2D eigenvalue weighted by Crippen LogP contribution is -2.25. The molecular formula is C13H16ClNO3S. The first-order chi connectivity index (χ1) is 8.95. The van der Waals surface area contributed by atoms with E-state index in [9.17, 15) is 13.2 Å². The molecule has 19 heavy (non-hydrogen) atoms. The number of nitrogens with zero attached hydrogens (tertiary/aromatic N) is 1. The molecule has 6 heteroatoms. The van der Waals surface area contributed by atoms with Crippen molar-refractivity contribution in [1.82, 2.24) is 0 Å². The minimum Gasteiger partial charge on any atom is -0.312 e. The Morgan fingerprint density at radius 3 is 2.79 bits per heavy atom. The number of rotatable bonds is 4. The van der Waals surface area contributed by atoms with Crippen molar-refractivity contribution in [2.75, 3.05) is 23.1 Å². The number of benzene rings is 1. The van der Waals surface area contributed by atoms with Gasteiger partial charge in [-0.25, -0.2) is 8.42 Å². The Morgan fingerprint density at radius 1 is 1.42 bits per heavy atom. The van der Waals surface area contributed by atoms with E-state index in [1.54, 1.807) is 23.1 Å². The minimum absolute atomic E-state index is 0.0171. The second-order valence-electron chi connectivity index (χ2n) is 4.57. The summed E-state index contributed by atoms with van der Waals surface area (Å²) in [5.41, 5.74) is 1.74. The molecule has 0 saturated carbocycles. The number of hydrogen-bond donors (Lipinski definition) is 0. The van der Waals surface area contributed by atoms with E-state index in [0.29, 0.717) is 30.2 Å². The molecule has 0 unspecified atom stereocenters. The van der Waals surface area contributed by atoms with E-state index < -0.39 is 9.84 Å². The molecule has 1 aliphatic heterocycles. The SMILES string of the molecule is CC(=O)N1CCc2cc(S(=O)(=O)CCCCl)ccc21. The molecule has 4 nitrogen and oxygen atoms in total. The monoisotopic (exact) mass is 301 g/mol. The van der Waals surface area contributed by atoms with E-state index in [4.69, 9.17) is 11.6 Å². The summed E-state index contributed by atoms with van der Waals surface area (Å²) in [7, 11) is -3.27. The molecule has 0 spiro atoms. The van der Waals surface area contributed by atoms with Crippen LogP contribution < -0.4 is 4.90 Å². The summed E-state index contributed by atoms with van der Waals surface area (Å²) in [6, 6.07) is 4.98. The third-order valence-electron chi connectivity index (χ3n) is 3.23. The Morgan fingerprint density at radius 2 is 2.16 bits per heavy atom. The van der Waals surface area contributed by atoms with Crippen molar-refractivity contribution in [2.45, 2.75) is 24.7 Å². The highest BCUT2D eigenvalue weighted by Crippen LogP contribution is 2.30. The highest BCUT2D eigenvalue weighted by Gasteiger charge is 2.24. The van der Waals surface area contributed by atoms with Crippen molar-refractivity contribution >= 4 is 33.0 Å². The topological polar surface area (TPSA) is 54.5 Å². The molecule has 1 amide bonds. The maximum Gasteiger partial charge on any atom is 0.223 e. The fourth-order valence-electron chi connectivity index (χ4n) is 2.26. The number of anilines is 1. The van der Waals surface area contributed by atoms with Crippen LogP contribution in [0.1, 0.15) is 18.9 Å². The summed E-state index contributed by atoms with van der Waals surface area (Å²) >= 11 is 5.53. The molecule has 1 aromatic carbocycles. The molecule has 0 atom stereocenters. The van der Waals surface area contributed by atoms with E-state index in [-0.39, 0.29) is 11.7 Å². The van der Waals surface area contributed by atoms with Crippen molar-refractivity contribution in [3.63, 3.8) is 0 Å². The number of halogens is 1. The molecule has 1 aromatic rings. The summed E-state index contributed by atoms with van der Waals surface area (Å²) in [4.78, 5) is 13.4. The molecule has 0 bridgehead atoms. The van der Waals surface area contributed by atoms with Gasteiger partial charge in [-0.3, -0.25) is 4.79 Å². The van der Waals surface area contributed by atoms with Gasteiger partial charge in [-0.1, -0.05) is 0 Å². The Balaban J connectivity index is 2.31. The molecule has 0 aromatic heterocycles. The maximum absolute atomic E-state index is 12.1. The third-order valence-corrected chi connectivity index (χ3v) is 5.30. The molecular weight excluding hydrogens is 286 g/mol. The van der Waals surface area contributed by atoms with E-state index in [1.807, 2.05) is 0 Å². The Labute approximate surface area is 118 Å². The summed E-state index contributed by atoms with van der Waals surface area (Å²) in [5.74, 6) is 0.380. The number of sulfone groups is 1. The van der Waals surface area contributed by atoms with Crippen molar-refractivity contribution in [1.29, 1.82) is 0 Å². The van der Waals surface area contributed by atoms with Crippen molar-refractivity contribution in [2.24, 2.45) is 0 Å². The quantitative estimate of drug-likeness (QED) is 0.799. The van der Waals surface area contributed by atoms with Crippen molar-refractivity contribution < 1.29 is 13.2 Å². The molecule has 0 aliphatic carbocycles. The van der Waals surface area contributed by atoms with Gasteiger partial charge in [-0.05, 0) is 36.6 Å². The van der Waals surface area contributed by atoms with Gasteiger partial charge >= 0.3 is 0 Å². The fraction of sp³-hybridized carbons (Fsp3) is 0.462. The number of hydrogen-bond acceptors (Lipinski definition) is 3. The second kappa shape index (κ2) is 5.51. The number of carbonyl (C=O) groups excluding carboxylic acids is 1. The first-order valence-corrected chi connectivity index (χ1v) is 8.34. The lowest BCUT2D eigenvalue weighted by molar-refractivity contribution is -0.116.